The molecule has 1 aliphatic rings. The average Bonchev–Trinajstić information content (AvgIpc) is 2.90. The quantitative estimate of drug-likeness (QED) is 0.0195. The molecule has 1 saturated heterocycles. The maximum absolute atomic E-state index is 13.5. The maximum atomic E-state index is 13.5. The minimum absolute atomic E-state index is 0.126. The number of carbonyl (C=O) groups excluding carboxylic acids is 2. The molecule has 1 aliphatic heterocycles. The summed E-state index contributed by atoms with van der Waals surface area (Å²) < 4.78 is 17.7. The monoisotopic (exact) mass is 1200 g/mol. The van der Waals surface area contributed by atoms with Crippen LogP contribution in [-0.4, -0.2) is 99.6 Å². The molecule has 8 unspecified atom stereocenters. The van der Waals surface area contributed by atoms with Crippen molar-refractivity contribution in [3.63, 3.8) is 0 Å². The van der Waals surface area contributed by atoms with Crippen molar-refractivity contribution in [1.82, 2.24) is 5.32 Å². The number of rotatable bonds is 63. The van der Waals surface area contributed by atoms with Crippen LogP contribution in [-0.2, 0) is 23.8 Å². The Morgan fingerprint density at radius 3 is 1.24 bits per heavy atom. The molecule has 0 radical (unpaired) electrons. The molecule has 11 heteroatoms. The Bertz CT molecular complexity index is 1570. The molecule has 0 aromatic rings. The van der Waals surface area contributed by atoms with Crippen LogP contribution >= 0.6 is 0 Å². The minimum atomic E-state index is -1.61. The summed E-state index contributed by atoms with van der Waals surface area (Å²) in [6, 6.07) is -1.02. The van der Waals surface area contributed by atoms with E-state index in [0.717, 1.165) is 64.2 Å². The van der Waals surface area contributed by atoms with Crippen molar-refractivity contribution in [2.75, 3.05) is 13.2 Å². The first-order valence-electron chi connectivity index (χ1n) is 36.4. The van der Waals surface area contributed by atoms with Gasteiger partial charge in [-0.2, -0.15) is 0 Å². The largest absolute Gasteiger partial charge is 0.454 e. The molecular formula is C74H137NO10. The first kappa shape index (κ1) is 80.6. The first-order valence-corrected chi connectivity index (χ1v) is 36.4. The van der Waals surface area contributed by atoms with Gasteiger partial charge in [-0.05, 0) is 83.5 Å². The molecular weight excluding hydrogens is 1060 g/mol. The van der Waals surface area contributed by atoms with Gasteiger partial charge in [0.05, 0.1) is 25.4 Å². The van der Waals surface area contributed by atoms with Crippen LogP contribution in [0.3, 0.4) is 0 Å². The fourth-order valence-corrected chi connectivity index (χ4v) is 11.4. The van der Waals surface area contributed by atoms with Gasteiger partial charge in [0.15, 0.2) is 12.4 Å². The van der Waals surface area contributed by atoms with Crippen molar-refractivity contribution >= 4 is 11.9 Å². The SMILES string of the molecule is CCCCC/C=C\C/C=C\CCCCCCCCCCCCCCCCCC(=O)OC1C(OCC(NC(=O)C(O)CCCCCCCCCCCC/C=C/CCCCCCCC)C(O)/C=C/CCCCCCCCCCC)OC(CO)C(O)C1O. The van der Waals surface area contributed by atoms with Gasteiger partial charge in [0.2, 0.25) is 5.91 Å². The number of hydrogen-bond donors (Lipinski definition) is 6. The van der Waals surface area contributed by atoms with Gasteiger partial charge < -0.3 is 45.1 Å². The minimum Gasteiger partial charge on any atom is -0.454 e. The van der Waals surface area contributed by atoms with E-state index in [9.17, 15) is 35.1 Å². The summed E-state index contributed by atoms with van der Waals surface area (Å²) in [5, 5.41) is 57.2. The van der Waals surface area contributed by atoms with Crippen molar-refractivity contribution in [2.45, 2.75) is 397 Å². The molecule has 11 nitrogen and oxygen atoms in total. The van der Waals surface area contributed by atoms with E-state index in [1.54, 1.807) is 6.08 Å². The number of hydrogen-bond acceptors (Lipinski definition) is 10. The van der Waals surface area contributed by atoms with Crippen molar-refractivity contribution < 1.29 is 49.3 Å². The van der Waals surface area contributed by atoms with E-state index < -0.39 is 67.4 Å². The molecule has 498 valence electrons. The van der Waals surface area contributed by atoms with Gasteiger partial charge >= 0.3 is 5.97 Å². The predicted octanol–water partition coefficient (Wildman–Crippen LogP) is 18.7. The molecule has 0 saturated carbocycles. The highest BCUT2D eigenvalue weighted by atomic mass is 16.7. The summed E-state index contributed by atoms with van der Waals surface area (Å²) in [6.45, 7) is 5.80. The smallest absolute Gasteiger partial charge is 0.306 e. The molecule has 0 aromatic carbocycles. The normalized spacial score (nSPS) is 18.6. The van der Waals surface area contributed by atoms with E-state index in [2.05, 4.69) is 62.5 Å². The predicted molar refractivity (Wildman–Crippen MR) is 357 cm³/mol. The molecule has 8 atom stereocenters. The summed E-state index contributed by atoms with van der Waals surface area (Å²) in [5.74, 6) is -1.18. The molecule has 1 amide bonds. The van der Waals surface area contributed by atoms with Crippen LogP contribution in [0.1, 0.15) is 348 Å². The molecule has 1 heterocycles. The van der Waals surface area contributed by atoms with Crippen molar-refractivity contribution in [2.24, 2.45) is 0 Å². The van der Waals surface area contributed by atoms with Crippen LogP contribution in [0.2, 0.25) is 0 Å². The third-order valence-corrected chi connectivity index (χ3v) is 17.2. The van der Waals surface area contributed by atoms with E-state index >= 15 is 0 Å². The second-order valence-electron chi connectivity index (χ2n) is 25.3. The average molecular weight is 1200 g/mol. The number of nitrogens with one attached hydrogen (secondary N) is 1. The Kier molecular flexibility index (Phi) is 58.7. The number of aliphatic hydroxyl groups is 5. The molecule has 0 aromatic heterocycles. The van der Waals surface area contributed by atoms with Gasteiger partial charge in [0.1, 0.15) is 24.4 Å². The van der Waals surface area contributed by atoms with Crippen LogP contribution in [0, 0.1) is 0 Å². The van der Waals surface area contributed by atoms with Crippen molar-refractivity contribution in [3.8, 4) is 0 Å². The number of ether oxygens (including phenoxy) is 3. The van der Waals surface area contributed by atoms with Gasteiger partial charge in [-0.1, -0.05) is 307 Å². The van der Waals surface area contributed by atoms with Gasteiger partial charge in [-0.3, -0.25) is 9.59 Å². The lowest BCUT2D eigenvalue weighted by Crippen LogP contribution is -2.61. The third kappa shape index (κ3) is 49.1. The number of carbonyl (C=O) groups is 2. The zero-order valence-corrected chi connectivity index (χ0v) is 55.5. The molecule has 0 bridgehead atoms. The topological polar surface area (TPSA) is 175 Å². The van der Waals surface area contributed by atoms with Crippen LogP contribution < -0.4 is 5.32 Å². The van der Waals surface area contributed by atoms with E-state index in [1.165, 1.54) is 238 Å². The fraction of sp³-hybridized carbons (Fsp3) is 0.865. The Balaban J connectivity index is 2.53. The number of amides is 1. The van der Waals surface area contributed by atoms with E-state index in [1.807, 2.05) is 6.08 Å². The molecule has 1 fully saturated rings. The highest BCUT2D eigenvalue weighted by molar-refractivity contribution is 5.80. The second-order valence-corrected chi connectivity index (χ2v) is 25.3. The van der Waals surface area contributed by atoms with Gasteiger partial charge in [0.25, 0.3) is 0 Å². The van der Waals surface area contributed by atoms with E-state index in [-0.39, 0.29) is 13.0 Å². The van der Waals surface area contributed by atoms with Gasteiger partial charge in [-0.15, -0.1) is 0 Å². The first-order chi connectivity index (χ1) is 41.7. The molecule has 1 rings (SSSR count). The Labute approximate surface area is 523 Å². The Morgan fingerprint density at radius 2 is 0.812 bits per heavy atom. The number of unbranched alkanes of at least 4 members (excludes halogenated alkanes) is 43. The lowest BCUT2D eigenvalue weighted by atomic mass is 9.99. The Hall–Kier alpha value is -2.38. The van der Waals surface area contributed by atoms with Crippen molar-refractivity contribution in [1.29, 1.82) is 0 Å². The molecule has 0 spiro atoms. The molecule has 6 N–H and O–H groups in total. The van der Waals surface area contributed by atoms with Crippen molar-refractivity contribution in [3.05, 3.63) is 48.6 Å². The van der Waals surface area contributed by atoms with Crippen LogP contribution in [0.25, 0.3) is 0 Å². The number of allylic oxidation sites excluding steroid dienone is 7. The lowest BCUT2D eigenvalue weighted by molar-refractivity contribution is -0.305. The van der Waals surface area contributed by atoms with E-state index in [0.29, 0.717) is 19.3 Å². The highest BCUT2D eigenvalue weighted by Crippen LogP contribution is 2.26. The lowest BCUT2D eigenvalue weighted by Gasteiger charge is -2.41. The van der Waals surface area contributed by atoms with Crippen LogP contribution in [0.4, 0.5) is 0 Å². The molecule has 85 heavy (non-hydrogen) atoms. The zero-order chi connectivity index (χ0) is 61.7. The highest BCUT2D eigenvalue weighted by Gasteiger charge is 2.47. The zero-order valence-electron chi connectivity index (χ0n) is 55.5. The Morgan fingerprint density at radius 1 is 0.459 bits per heavy atom. The summed E-state index contributed by atoms with van der Waals surface area (Å²) in [7, 11) is 0. The fourth-order valence-electron chi connectivity index (χ4n) is 11.4. The summed E-state index contributed by atoms with van der Waals surface area (Å²) in [6.07, 6.45) is 67.3. The second kappa shape index (κ2) is 61.8. The standard InChI is InChI=1S/C74H137NO10/c1-4-7-10-13-16-19-22-24-26-28-30-32-33-34-35-36-38-40-42-44-47-50-53-56-59-62-69(79)85-72-71(81)70(80)68(63-76)84-74(72)83-64-65(66(77)60-57-54-51-48-45-21-18-15-12-9-6-3)75-73(82)67(78)61-58-55-52-49-46-43-41-39-37-31-29-27-25-23-20-17-14-11-8-5-2/h16,19,24-27,57,60,65-68,70-72,74,76-78,80-81H,4-15,17-18,20-23,28-56,58-59,61-64H2,1-3H3,(H,75,82)/b19-16-,26-24-,27-25+,60-57+. The van der Waals surface area contributed by atoms with Gasteiger partial charge in [0, 0.05) is 6.42 Å². The maximum Gasteiger partial charge on any atom is 0.306 e. The van der Waals surface area contributed by atoms with E-state index in [4.69, 9.17) is 14.2 Å². The summed E-state index contributed by atoms with van der Waals surface area (Å²) >= 11 is 0. The van der Waals surface area contributed by atoms with Crippen LogP contribution in [0.5, 0.6) is 0 Å². The third-order valence-electron chi connectivity index (χ3n) is 17.2. The number of aliphatic hydroxyl groups excluding tert-OH is 5. The van der Waals surface area contributed by atoms with Crippen LogP contribution in [0.15, 0.2) is 48.6 Å². The molecule has 0 aliphatic carbocycles. The number of esters is 1. The summed E-state index contributed by atoms with van der Waals surface area (Å²) in [4.78, 5) is 26.7. The van der Waals surface area contributed by atoms with Gasteiger partial charge in [-0.25, -0.2) is 0 Å². The summed E-state index contributed by atoms with van der Waals surface area (Å²) in [5.41, 5.74) is 0.